The first-order chi connectivity index (χ1) is 17.7. The average molecular weight is 576 g/mol. The molecule has 2 N–H and O–H groups in total. The summed E-state index contributed by atoms with van der Waals surface area (Å²) in [7, 11) is -2.46. The number of halogens is 2. The number of nitrogens with one attached hydrogen (secondary N) is 1. The lowest BCUT2D eigenvalue weighted by atomic mass is 9.93. The molecule has 0 bridgehead atoms. The molecular formula is C25H19Cl2N3O5S2. The standard InChI is InChI=1S/C25H19Cl2N3O5S2/c1-35-21-12-16(10-11-18(21)26)37(33,34)29-15-8-6-14(7-9-15)19-13-36-25(28-19)30-23(22(27)24(30)32)17-4-2-3-5-20(17)31/h2-13,22-23,29,31H,1H3. The number of amides is 1. The molecule has 1 saturated heterocycles. The lowest BCUT2D eigenvalue weighted by Gasteiger charge is -2.42. The molecule has 0 aliphatic carbocycles. The minimum atomic E-state index is -3.87. The number of benzene rings is 3. The van der Waals surface area contributed by atoms with Gasteiger partial charge in [0.1, 0.15) is 16.9 Å². The van der Waals surface area contributed by atoms with E-state index in [1.807, 2.05) is 0 Å². The number of aromatic hydroxyl groups is 1. The van der Waals surface area contributed by atoms with Crippen LogP contribution in [0.3, 0.4) is 0 Å². The van der Waals surface area contributed by atoms with Crippen molar-refractivity contribution in [3.63, 3.8) is 0 Å². The quantitative estimate of drug-likeness (QED) is 0.217. The topological polar surface area (TPSA) is 109 Å². The molecule has 5 rings (SSSR count). The minimum absolute atomic E-state index is 0.0118. The van der Waals surface area contributed by atoms with Gasteiger partial charge < -0.3 is 9.84 Å². The smallest absolute Gasteiger partial charge is 0.262 e. The number of hydrogen-bond acceptors (Lipinski definition) is 7. The number of aromatic nitrogens is 1. The average Bonchev–Trinajstić information content (AvgIpc) is 3.37. The summed E-state index contributed by atoms with van der Waals surface area (Å²) in [4.78, 5) is 18.6. The maximum atomic E-state index is 12.8. The number of ether oxygens (including phenoxy) is 1. The van der Waals surface area contributed by atoms with E-state index in [9.17, 15) is 18.3 Å². The van der Waals surface area contributed by atoms with Gasteiger partial charge in [0, 0.05) is 28.3 Å². The second-order valence-corrected chi connectivity index (χ2v) is 11.5. The van der Waals surface area contributed by atoms with Crippen LogP contribution in [-0.2, 0) is 14.8 Å². The number of alkyl halides is 1. The number of methoxy groups -OCH3 is 1. The Bertz CT molecular complexity index is 1590. The first kappa shape index (κ1) is 25.3. The number of nitrogens with zero attached hydrogens (tertiary/aromatic N) is 2. The number of rotatable bonds is 7. The Morgan fingerprint density at radius 3 is 2.54 bits per heavy atom. The minimum Gasteiger partial charge on any atom is -0.508 e. The predicted octanol–water partition coefficient (Wildman–Crippen LogP) is 5.67. The fraction of sp³-hybridized carbons (Fsp3) is 0.120. The van der Waals surface area contributed by atoms with Gasteiger partial charge in [0.15, 0.2) is 5.13 Å². The Kier molecular flexibility index (Phi) is 6.76. The van der Waals surface area contributed by atoms with Crippen LogP contribution >= 0.6 is 34.5 Å². The summed E-state index contributed by atoms with van der Waals surface area (Å²) >= 11 is 13.6. The first-order valence-electron chi connectivity index (χ1n) is 10.9. The van der Waals surface area contributed by atoms with Crippen molar-refractivity contribution in [2.45, 2.75) is 16.3 Å². The molecule has 1 aliphatic heterocycles. The van der Waals surface area contributed by atoms with Crippen molar-refractivity contribution in [3.8, 4) is 22.8 Å². The highest BCUT2D eigenvalue weighted by Gasteiger charge is 2.50. The number of anilines is 2. The summed E-state index contributed by atoms with van der Waals surface area (Å²) in [5, 5.41) is 12.0. The summed E-state index contributed by atoms with van der Waals surface area (Å²) in [6.07, 6.45) is 0. The fourth-order valence-electron chi connectivity index (χ4n) is 3.94. The molecule has 2 unspecified atom stereocenters. The van der Waals surface area contributed by atoms with Crippen LogP contribution in [0.1, 0.15) is 11.6 Å². The van der Waals surface area contributed by atoms with Gasteiger partial charge in [0.25, 0.3) is 10.0 Å². The highest BCUT2D eigenvalue weighted by atomic mass is 35.5. The largest absolute Gasteiger partial charge is 0.508 e. The third-order valence-electron chi connectivity index (χ3n) is 5.85. The third-order valence-corrected chi connectivity index (χ3v) is 8.80. The molecule has 190 valence electrons. The maximum Gasteiger partial charge on any atom is 0.262 e. The number of hydrogen-bond donors (Lipinski definition) is 2. The molecule has 1 aliphatic rings. The van der Waals surface area contributed by atoms with Crippen LogP contribution in [0.5, 0.6) is 11.5 Å². The van der Waals surface area contributed by atoms with E-state index in [0.29, 0.717) is 27.1 Å². The molecule has 2 heterocycles. The molecule has 1 amide bonds. The molecule has 2 atom stereocenters. The first-order valence-corrected chi connectivity index (χ1v) is 14.0. The second kappa shape index (κ2) is 9.86. The third kappa shape index (κ3) is 4.73. The molecule has 12 heteroatoms. The molecule has 8 nitrogen and oxygen atoms in total. The Balaban J connectivity index is 1.34. The molecule has 0 spiro atoms. The van der Waals surface area contributed by atoms with Crippen molar-refractivity contribution in [1.29, 1.82) is 0 Å². The number of phenolic OH excluding ortho intramolecular Hbond substituents is 1. The predicted molar refractivity (Wildman–Crippen MR) is 144 cm³/mol. The zero-order chi connectivity index (χ0) is 26.3. The van der Waals surface area contributed by atoms with Crippen molar-refractivity contribution in [3.05, 3.63) is 82.7 Å². The van der Waals surface area contributed by atoms with E-state index >= 15 is 0 Å². The summed E-state index contributed by atoms with van der Waals surface area (Å²) in [5.41, 5.74) is 2.25. The van der Waals surface area contributed by atoms with Crippen LogP contribution in [0.4, 0.5) is 10.8 Å². The summed E-state index contributed by atoms with van der Waals surface area (Å²) < 4.78 is 33.2. The van der Waals surface area contributed by atoms with Crippen LogP contribution in [-0.4, -0.2) is 36.9 Å². The molecule has 3 aromatic carbocycles. The van der Waals surface area contributed by atoms with E-state index in [2.05, 4.69) is 9.71 Å². The lowest BCUT2D eigenvalue weighted by Crippen LogP contribution is -2.56. The summed E-state index contributed by atoms with van der Waals surface area (Å²) in [5.74, 6) is 0.0204. The van der Waals surface area contributed by atoms with Gasteiger partial charge in [-0.25, -0.2) is 13.4 Å². The second-order valence-electron chi connectivity index (χ2n) is 8.11. The van der Waals surface area contributed by atoms with Crippen molar-refractivity contribution >= 4 is 61.3 Å². The lowest BCUT2D eigenvalue weighted by molar-refractivity contribution is -0.123. The van der Waals surface area contributed by atoms with E-state index in [1.54, 1.807) is 53.9 Å². The van der Waals surface area contributed by atoms with E-state index < -0.39 is 21.4 Å². The van der Waals surface area contributed by atoms with Crippen LogP contribution in [0.25, 0.3) is 11.3 Å². The number of sulfonamides is 1. The number of para-hydroxylation sites is 1. The highest BCUT2D eigenvalue weighted by molar-refractivity contribution is 7.92. The Labute approximate surface area is 227 Å². The number of β-lactam (4-membered cyclic amide) rings is 1. The molecule has 37 heavy (non-hydrogen) atoms. The van der Waals surface area contributed by atoms with Crippen LogP contribution < -0.4 is 14.4 Å². The maximum absolute atomic E-state index is 12.8. The van der Waals surface area contributed by atoms with Crippen LogP contribution in [0.15, 0.2) is 77.0 Å². The number of carbonyl (C=O) groups is 1. The van der Waals surface area contributed by atoms with E-state index in [-0.39, 0.29) is 22.3 Å². The van der Waals surface area contributed by atoms with Crippen molar-refractivity contribution in [2.24, 2.45) is 0 Å². The van der Waals surface area contributed by atoms with E-state index in [4.69, 9.17) is 27.9 Å². The van der Waals surface area contributed by atoms with Crippen LogP contribution in [0, 0.1) is 0 Å². The molecule has 1 fully saturated rings. The highest BCUT2D eigenvalue weighted by Crippen LogP contribution is 2.46. The van der Waals surface area contributed by atoms with Gasteiger partial charge in [0.05, 0.1) is 28.8 Å². The van der Waals surface area contributed by atoms with Gasteiger partial charge in [-0.05, 0) is 30.3 Å². The molecule has 1 aromatic heterocycles. The summed E-state index contributed by atoms with van der Waals surface area (Å²) in [6.45, 7) is 0. The number of carbonyl (C=O) groups excluding carboxylic acids is 1. The fourth-order valence-corrected chi connectivity index (χ4v) is 6.44. The number of thiazole rings is 1. The zero-order valence-electron chi connectivity index (χ0n) is 19.1. The van der Waals surface area contributed by atoms with Crippen molar-refractivity contribution in [1.82, 2.24) is 4.98 Å². The normalized spacial score (nSPS) is 17.4. The van der Waals surface area contributed by atoms with Crippen LogP contribution in [0.2, 0.25) is 5.02 Å². The van der Waals surface area contributed by atoms with Gasteiger partial charge in [0.2, 0.25) is 5.91 Å². The van der Waals surface area contributed by atoms with E-state index in [0.717, 1.165) is 5.56 Å². The molecule has 0 saturated carbocycles. The van der Waals surface area contributed by atoms with Gasteiger partial charge >= 0.3 is 0 Å². The van der Waals surface area contributed by atoms with Crippen molar-refractivity contribution < 1.29 is 23.1 Å². The van der Waals surface area contributed by atoms with E-state index in [1.165, 1.54) is 41.5 Å². The monoisotopic (exact) mass is 575 g/mol. The van der Waals surface area contributed by atoms with Gasteiger partial charge in [-0.3, -0.25) is 14.4 Å². The zero-order valence-corrected chi connectivity index (χ0v) is 22.3. The van der Waals surface area contributed by atoms with Gasteiger partial charge in [-0.15, -0.1) is 22.9 Å². The Hall–Kier alpha value is -3.31. The van der Waals surface area contributed by atoms with Gasteiger partial charge in [-0.2, -0.15) is 0 Å². The number of phenols is 1. The Morgan fingerprint density at radius 2 is 1.84 bits per heavy atom. The Morgan fingerprint density at radius 1 is 1.11 bits per heavy atom. The summed E-state index contributed by atoms with van der Waals surface area (Å²) in [6, 6.07) is 17.1. The molecular weight excluding hydrogens is 557 g/mol. The molecule has 0 radical (unpaired) electrons. The van der Waals surface area contributed by atoms with Gasteiger partial charge in [-0.1, -0.05) is 41.9 Å². The SMILES string of the molecule is COc1cc(S(=O)(=O)Nc2ccc(-c3csc(N4C(=O)C(Cl)C4c4ccccc4O)n3)cc2)ccc1Cl. The molecule has 4 aromatic rings. The van der Waals surface area contributed by atoms with Crippen molar-refractivity contribution in [2.75, 3.05) is 16.7 Å².